The molecule has 0 spiro atoms. The fourth-order valence-corrected chi connectivity index (χ4v) is 0.654. The molecule has 3 N–H and O–H groups in total. The van der Waals surface area contributed by atoms with Gasteiger partial charge in [-0.3, -0.25) is 4.79 Å². The molecule has 82 valence electrons. The molecule has 0 aliphatic rings. The van der Waals surface area contributed by atoms with Gasteiger partial charge in [-0.15, -0.1) is 0 Å². The molecule has 6 heteroatoms. The average molecular weight is 206 g/mol. The van der Waals surface area contributed by atoms with Gasteiger partial charge in [0, 0.05) is 0 Å². The van der Waals surface area contributed by atoms with Crippen LogP contribution in [0, 0.1) is 0 Å². The zero-order valence-corrected chi connectivity index (χ0v) is 8.27. The highest BCUT2D eigenvalue weighted by atomic mass is 16.6. The average Bonchev–Trinajstić information content (AvgIpc) is 1.79. The van der Waals surface area contributed by atoms with E-state index in [2.05, 4.69) is 0 Å². The largest absolute Gasteiger partial charge is 0.477 e. The molecular formula is C8H14O6. The first-order valence-electron chi connectivity index (χ1n) is 3.94. The number of carbonyl (C=O) groups is 2. The molecule has 0 saturated heterocycles. The van der Waals surface area contributed by atoms with E-state index in [0.29, 0.717) is 0 Å². The molecular weight excluding hydrogens is 192 g/mol. The molecule has 0 aromatic rings. The van der Waals surface area contributed by atoms with E-state index in [-0.39, 0.29) is 0 Å². The minimum Gasteiger partial charge on any atom is -0.477 e. The summed E-state index contributed by atoms with van der Waals surface area (Å²) in [5.41, 5.74) is -0.786. The lowest BCUT2D eigenvalue weighted by molar-refractivity contribution is -0.212. The van der Waals surface area contributed by atoms with Crippen LogP contribution in [0.25, 0.3) is 0 Å². The van der Waals surface area contributed by atoms with Gasteiger partial charge in [-0.1, -0.05) is 0 Å². The second-order valence-corrected chi connectivity index (χ2v) is 3.88. The lowest BCUT2D eigenvalue weighted by atomic mass is 10.1. The van der Waals surface area contributed by atoms with E-state index < -0.39 is 29.7 Å². The number of carboxylic acid groups (broad SMARTS) is 1. The molecule has 0 bridgehead atoms. The number of hydrogen-bond donors (Lipinski definition) is 3. The summed E-state index contributed by atoms with van der Waals surface area (Å²) in [6, 6.07) is 0. The number of esters is 1. The number of rotatable bonds is 3. The predicted molar refractivity (Wildman–Crippen MR) is 45.3 cm³/mol. The van der Waals surface area contributed by atoms with Crippen LogP contribution >= 0.6 is 0 Å². The molecule has 0 saturated carbocycles. The van der Waals surface area contributed by atoms with E-state index in [1.54, 1.807) is 20.8 Å². The molecule has 14 heavy (non-hydrogen) atoms. The number of aliphatic hydroxyl groups is 2. The van der Waals surface area contributed by atoms with Gasteiger partial charge < -0.3 is 20.1 Å². The van der Waals surface area contributed by atoms with Gasteiger partial charge in [0.25, 0.3) is 5.79 Å². The van der Waals surface area contributed by atoms with Crippen LogP contribution in [-0.4, -0.2) is 38.6 Å². The number of carbonyl (C=O) groups excluding carboxylic acids is 1. The van der Waals surface area contributed by atoms with Gasteiger partial charge in [0.15, 0.2) is 0 Å². The number of ether oxygens (including phenoxy) is 1. The predicted octanol–water partition coefficient (Wildman–Crippen LogP) is -0.516. The Bertz CT molecular complexity index is 237. The fraction of sp³-hybridized carbons (Fsp3) is 0.750. The molecule has 0 rings (SSSR count). The monoisotopic (exact) mass is 206 g/mol. The van der Waals surface area contributed by atoms with Gasteiger partial charge in [-0.05, 0) is 20.8 Å². The lowest BCUT2D eigenvalue weighted by Gasteiger charge is -2.22. The van der Waals surface area contributed by atoms with Crippen molar-refractivity contribution in [3.8, 4) is 0 Å². The summed E-state index contributed by atoms with van der Waals surface area (Å²) in [4.78, 5) is 21.2. The topological polar surface area (TPSA) is 104 Å². The van der Waals surface area contributed by atoms with Crippen LogP contribution in [0.5, 0.6) is 0 Å². The van der Waals surface area contributed by atoms with Crippen LogP contribution in [-0.2, 0) is 14.3 Å². The third kappa shape index (κ3) is 4.78. The minimum atomic E-state index is -3.07. The quantitative estimate of drug-likeness (QED) is 0.424. The van der Waals surface area contributed by atoms with E-state index in [1.165, 1.54) is 0 Å². The van der Waals surface area contributed by atoms with Gasteiger partial charge in [-0.2, -0.15) is 0 Å². The van der Waals surface area contributed by atoms with Crippen LogP contribution in [0.15, 0.2) is 0 Å². The molecule has 0 heterocycles. The zero-order valence-electron chi connectivity index (χ0n) is 8.27. The summed E-state index contributed by atoms with van der Waals surface area (Å²) in [5, 5.41) is 25.9. The highest BCUT2D eigenvalue weighted by molar-refractivity contribution is 5.82. The SMILES string of the molecule is CC(C)(C)OC(=O)CC(O)(O)C(=O)O. The normalized spacial score (nSPS) is 12.4. The van der Waals surface area contributed by atoms with Gasteiger partial charge in [0.2, 0.25) is 0 Å². The molecule has 0 fully saturated rings. The maximum Gasteiger partial charge on any atom is 0.364 e. The van der Waals surface area contributed by atoms with Crippen molar-refractivity contribution in [1.82, 2.24) is 0 Å². The maximum atomic E-state index is 11.0. The Balaban J connectivity index is 4.27. The Morgan fingerprint density at radius 3 is 1.93 bits per heavy atom. The Hall–Kier alpha value is -1.14. The first-order chi connectivity index (χ1) is 6.04. The molecule has 0 unspecified atom stereocenters. The van der Waals surface area contributed by atoms with E-state index in [4.69, 9.17) is 20.1 Å². The number of hydrogen-bond acceptors (Lipinski definition) is 5. The fourth-order valence-electron chi connectivity index (χ4n) is 0.654. The highest BCUT2D eigenvalue weighted by Gasteiger charge is 2.37. The molecule has 0 radical (unpaired) electrons. The standard InChI is InChI=1S/C8H14O6/c1-7(2,3)14-5(9)4-8(12,13)6(10)11/h12-13H,4H2,1-3H3,(H,10,11). The van der Waals surface area contributed by atoms with Crippen molar-refractivity contribution in [3.05, 3.63) is 0 Å². The van der Waals surface area contributed by atoms with Crippen molar-refractivity contribution in [2.24, 2.45) is 0 Å². The molecule has 0 aromatic carbocycles. The molecule has 0 amide bonds. The second kappa shape index (κ2) is 3.93. The third-order valence-electron chi connectivity index (χ3n) is 1.15. The molecule has 0 atom stereocenters. The van der Waals surface area contributed by atoms with Crippen LogP contribution in [0.2, 0.25) is 0 Å². The van der Waals surface area contributed by atoms with Gasteiger partial charge in [0.05, 0.1) is 0 Å². The van der Waals surface area contributed by atoms with Gasteiger partial charge in [-0.25, -0.2) is 4.79 Å². The Morgan fingerprint density at radius 1 is 1.21 bits per heavy atom. The summed E-state index contributed by atoms with van der Waals surface area (Å²) in [6.07, 6.45) is -1.00. The maximum absolute atomic E-state index is 11.0. The Labute approximate surface area is 81.1 Å². The summed E-state index contributed by atoms with van der Waals surface area (Å²) >= 11 is 0. The first kappa shape index (κ1) is 12.9. The molecule has 0 aromatic heterocycles. The van der Waals surface area contributed by atoms with Crippen molar-refractivity contribution in [2.45, 2.75) is 38.6 Å². The van der Waals surface area contributed by atoms with E-state index >= 15 is 0 Å². The van der Waals surface area contributed by atoms with Gasteiger partial charge >= 0.3 is 11.9 Å². The molecule has 0 aliphatic carbocycles. The van der Waals surface area contributed by atoms with Crippen molar-refractivity contribution in [3.63, 3.8) is 0 Å². The van der Waals surface area contributed by atoms with E-state index in [9.17, 15) is 9.59 Å². The summed E-state index contributed by atoms with van der Waals surface area (Å²) in [7, 11) is 0. The van der Waals surface area contributed by atoms with Crippen molar-refractivity contribution >= 4 is 11.9 Å². The van der Waals surface area contributed by atoms with E-state index in [0.717, 1.165) is 0 Å². The van der Waals surface area contributed by atoms with Gasteiger partial charge in [0.1, 0.15) is 12.0 Å². The van der Waals surface area contributed by atoms with Crippen molar-refractivity contribution in [1.29, 1.82) is 0 Å². The highest BCUT2D eigenvalue weighted by Crippen LogP contribution is 2.13. The van der Waals surface area contributed by atoms with Crippen LogP contribution in [0.4, 0.5) is 0 Å². The summed E-state index contributed by atoms with van der Waals surface area (Å²) in [6.45, 7) is 4.76. The Morgan fingerprint density at radius 2 is 1.64 bits per heavy atom. The molecule has 0 aliphatic heterocycles. The van der Waals surface area contributed by atoms with Crippen LogP contribution in [0.3, 0.4) is 0 Å². The summed E-state index contributed by atoms with van der Waals surface area (Å²) in [5.74, 6) is -5.93. The zero-order chi connectivity index (χ0) is 11.6. The smallest absolute Gasteiger partial charge is 0.364 e. The van der Waals surface area contributed by atoms with Crippen molar-refractivity contribution < 1.29 is 29.6 Å². The summed E-state index contributed by atoms with van der Waals surface area (Å²) < 4.78 is 4.70. The third-order valence-corrected chi connectivity index (χ3v) is 1.15. The minimum absolute atomic E-state index is 0.786. The van der Waals surface area contributed by atoms with Crippen LogP contribution in [0.1, 0.15) is 27.2 Å². The van der Waals surface area contributed by atoms with Crippen LogP contribution < -0.4 is 0 Å². The first-order valence-corrected chi connectivity index (χ1v) is 3.94. The number of carboxylic acids is 1. The van der Waals surface area contributed by atoms with E-state index in [1.807, 2.05) is 0 Å². The number of aliphatic carboxylic acids is 1. The Kier molecular flexibility index (Phi) is 3.61. The second-order valence-electron chi connectivity index (χ2n) is 3.88. The van der Waals surface area contributed by atoms with Crippen molar-refractivity contribution in [2.75, 3.05) is 0 Å². The molecule has 6 nitrogen and oxygen atoms in total. The lowest BCUT2D eigenvalue weighted by Crippen LogP contribution is -2.41.